The van der Waals surface area contributed by atoms with Crippen molar-refractivity contribution in [1.82, 2.24) is 92.8 Å². The van der Waals surface area contributed by atoms with E-state index in [0.717, 1.165) is 114 Å². The van der Waals surface area contributed by atoms with Crippen molar-refractivity contribution in [3.05, 3.63) is 200 Å². The van der Waals surface area contributed by atoms with E-state index in [4.69, 9.17) is 64.6 Å². The van der Waals surface area contributed by atoms with Crippen LogP contribution in [0, 0.1) is 20.2 Å². The van der Waals surface area contributed by atoms with Crippen LogP contribution < -0.4 is 41.3 Å². The Hall–Kier alpha value is -12.6. The van der Waals surface area contributed by atoms with Crippen molar-refractivity contribution in [3.8, 4) is 45.6 Å². The molecule has 11 aromatic rings. The SMILES string of the molecule is C.CCNC(=O)Nc1ccc(-c2nc3c(c(N4CCOCC4)n2)CCN(S(=O)(=O)c2cnn(C)c2)C3)cc1.Cn1cc(S(=O)(=O)N2CCc3c(nc(-c4ccc(N)cc4)nc3N3CCOCC3)C2)cn1.Cn1cc(S(=O)(=O)N2CCc3c(nc(-c4ccc([N+](=O)[O-])cc4)nc3N3CCOCC3)C2)cn1.O=[N+]([O-])c1ccc(-c2nc3c(c(N4CCOCC4)n2)CCNC3)cc1. The zero-order chi connectivity index (χ0) is 89.4. The predicted octanol–water partition coefficient (Wildman–Crippen LogP) is 6.18. The van der Waals surface area contributed by atoms with Gasteiger partial charge in [-0.3, -0.25) is 34.3 Å². The van der Waals surface area contributed by atoms with E-state index < -0.39 is 39.9 Å². The highest BCUT2D eigenvalue weighted by Gasteiger charge is 2.38. The summed E-state index contributed by atoms with van der Waals surface area (Å²) in [4.78, 5) is 80.6. The fraction of sp³-hybridized carbons (Fsp3) is 0.405. The number of nitrogens with two attached hydrogens (primary N) is 1. The molecule has 0 radical (unpaired) electrons. The number of hydrogen-bond acceptors (Lipinski definition) is 32. The van der Waals surface area contributed by atoms with Gasteiger partial charge in [-0.25, -0.2) is 69.9 Å². The molecule has 129 heavy (non-hydrogen) atoms. The Morgan fingerprint density at radius 2 is 0.721 bits per heavy atom. The van der Waals surface area contributed by atoms with Gasteiger partial charge in [0.2, 0.25) is 30.1 Å². The van der Waals surface area contributed by atoms with Crippen LogP contribution in [0.4, 0.5) is 50.8 Å². The molecule has 0 atom stereocenters. The number of non-ortho nitro benzene ring substituents is 2. The predicted molar refractivity (Wildman–Crippen MR) is 478 cm³/mol. The van der Waals surface area contributed by atoms with Gasteiger partial charge in [-0.2, -0.15) is 28.2 Å². The van der Waals surface area contributed by atoms with Gasteiger partial charge in [-0.15, -0.1) is 0 Å². The highest BCUT2D eigenvalue weighted by Crippen LogP contribution is 2.38. The summed E-state index contributed by atoms with van der Waals surface area (Å²) in [6.07, 6.45) is 11.0. The first kappa shape index (κ1) is 91.2. The van der Waals surface area contributed by atoms with Crippen molar-refractivity contribution in [2.24, 2.45) is 21.1 Å². The number of sulfonamides is 3. The second kappa shape index (κ2) is 40.0. The summed E-state index contributed by atoms with van der Waals surface area (Å²) in [6, 6.07) is 26.8. The molecule has 8 aliphatic heterocycles. The van der Waals surface area contributed by atoms with Gasteiger partial charge < -0.3 is 60.2 Å². The van der Waals surface area contributed by atoms with E-state index in [1.54, 1.807) is 57.5 Å². The molecule has 0 saturated carbocycles. The van der Waals surface area contributed by atoms with E-state index in [0.29, 0.717) is 176 Å². The zero-order valence-corrected chi connectivity index (χ0v) is 73.4. The molecular formula is C84H101N27O15S3. The van der Waals surface area contributed by atoms with E-state index in [-0.39, 0.29) is 59.2 Å². The maximum atomic E-state index is 13.3. The van der Waals surface area contributed by atoms with Crippen LogP contribution in [-0.4, -0.2) is 261 Å². The number of fused-ring (bicyclic) bond motifs is 4. The molecule has 5 N–H and O–H groups in total. The van der Waals surface area contributed by atoms with Crippen LogP contribution in [0.2, 0.25) is 0 Å². The maximum absolute atomic E-state index is 13.3. The van der Waals surface area contributed by atoms with Crippen molar-refractivity contribution in [1.29, 1.82) is 0 Å². The molecule has 4 fully saturated rings. The summed E-state index contributed by atoms with van der Waals surface area (Å²) in [5, 5.41) is 42.7. The highest BCUT2D eigenvalue weighted by atomic mass is 32.2. The van der Waals surface area contributed by atoms with Gasteiger partial charge in [0.15, 0.2) is 23.3 Å². The maximum Gasteiger partial charge on any atom is 0.319 e. The van der Waals surface area contributed by atoms with E-state index in [1.165, 1.54) is 94.0 Å². The molecule has 680 valence electrons. The number of nitrogens with one attached hydrogen (secondary N) is 3. The summed E-state index contributed by atoms with van der Waals surface area (Å²) in [6.45, 7) is 16.4. The fourth-order valence-corrected chi connectivity index (χ4v) is 20.1. The number of nitrogens with zero attached hydrogens (tertiary/aromatic N) is 23. The van der Waals surface area contributed by atoms with Crippen LogP contribution in [0.3, 0.4) is 0 Å². The number of nitrogen functional groups attached to an aromatic ring is 1. The lowest BCUT2D eigenvalue weighted by Crippen LogP contribution is -2.40. The summed E-state index contributed by atoms with van der Waals surface area (Å²) < 4.78 is 110. The fourth-order valence-electron chi connectivity index (χ4n) is 16.0. The molecule has 0 spiro atoms. The van der Waals surface area contributed by atoms with E-state index in [9.17, 15) is 50.3 Å². The number of rotatable bonds is 18. The number of carbonyl (C=O) groups excluding carboxylic acids is 1. The first-order valence-corrected chi connectivity index (χ1v) is 46.2. The molecule has 0 unspecified atom stereocenters. The Bertz CT molecular complexity index is 6230. The Kier molecular flexibility index (Phi) is 28.3. The molecule has 15 heterocycles. The number of amides is 2. The van der Waals surface area contributed by atoms with Gasteiger partial charge in [-0.05, 0) is 112 Å². The quantitative estimate of drug-likeness (QED) is 0.0423. The first-order valence-electron chi connectivity index (χ1n) is 41.9. The number of anilines is 6. The molecule has 4 saturated heterocycles. The standard InChI is InChI=1S/C24H30N8O4S.C21H23N7O5S.C21H25N7O3S.C17H19N5O3.CH4/c1-3-25-24(33)27-18-6-4-17(5-7-18)22-28-21-16-32(37(34,35)19-14-26-30(2)15-19)9-8-20(21)23(29-22)31-10-12-36-13-11-31;1-25-13-17(12-22-25)34(31,32)27-7-6-18-19(14-27)23-20(15-2-4-16(5-3-15)28(29)30)24-21(18)26-8-10-33-11-9-26;1-26-13-17(12-23-26)32(29,30)28-7-6-18-19(14-28)24-20(15-2-4-16(22)5-3-15)25-21(18)27-8-10-31-11-9-27;23-22(24)13-3-1-12(2-4-13)16-19-15-11-18-6-5-14(15)17(20-16)21-7-9-25-10-8-21;/h4-7,14-15H,3,8-13,16H2,1-2H3,(H2,25,27,33);2-5,12-13H,6-11,14H2,1H3;2-5,12-13H,6-11,14,22H2,1H3;1-4,18H,5-11H2;1H4. The summed E-state index contributed by atoms with van der Waals surface area (Å²) >= 11 is 0. The molecule has 45 heteroatoms. The molecule has 4 aromatic carbocycles. The molecule has 0 bridgehead atoms. The van der Waals surface area contributed by atoms with Crippen LogP contribution in [0.15, 0.2) is 149 Å². The Labute approximate surface area is 745 Å². The second-order valence-electron chi connectivity index (χ2n) is 31.1. The van der Waals surface area contributed by atoms with Crippen LogP contribution >= 0.6 is 0 Å². The van der Waals surface area contributed by atoms with Crippen LogP contribution in [0.5, 0.6) is 0 Å². The molecule has 0 aliphatic carbocycles. The second-order valence-corrected chi connectivity index (χ2v) is 36.9. The van der Waals surface area contributed by atoms with Crippen molar-refractivity contribution in [2.75, 3.05) is 169 Å². The smallest absolute Gasteiger partial charge is 0.319 e. The third kappa shape index (κ3) is 20.8. The lowest BCUT2D eigenvalue weighted by molar-refractivity contribution is -0.385. The third-order valence-electron chi connectivity index (χ3n) is 22.7. The van der Waals surface area contributed by atoms with E-state index >= 15 is 0 Å². The molecule has 7 aromatic heterocycles. The Balaban J connectivity index is 0.000000133. The number of aromatic nitrogens is 14. The van der Waals surface area contributed by atoms with Gasteiger partial charge in [0, 0.05) is 205 Å². The van der Waals surface area contributed by atoms with E-state index in [1.807, 2.05) is 43.3 Å². The molecule has 2 amide bonds. The monoisotopic (exact) mass is 1820 g/mol. The van der Waals surface area contributed by atoms with Crippen molar-refractivity contribution in [2.45, 2.75) is 80.9 Å². The number of ether oxygens (including phenoxy) is 4. The Morgan fingerprint density at radius 3 is 1.02 bits per heavy atom. The average molecular weight is 1830 g/mol. The third-order valence-corrected chi connectivity index (χ3v) is 28.1. The number of aryl methyl sites for hydroxylation is 3. The minimum absolute atomic E-state index is 0. The number of hydrogen-bond donors (Lipinski definition) is 4. The number of nitro benzene ring substituents is 2. The molecule has 19 rings (SSSR count). The largest absolute Gasteiger partial charge is 0.399 e. The lowest BCUT2D eigenvalue weighted by Gasteiger charge is -2.33. The van der Waals surface area contributed by atoms with Crippen LogP contribution in [-0.2, 0) is 122 Å². The lowest BCUT2D eigenvalue weighted by atomic mass is 10.1. The summed E-state index contributed by atoms with van der Waals surface area (Å²) in [5.74, 6) is 5.50. The van der Waals surface area contributed by atoms with Gasteiger partial charge in [0.25, 0.3) is 11.4 Å². The van der Waals surface area contributed by atoms with Crippen LogP contribution in [0.25, 0.3) is 45.6 Å². The highest BCUT2D eigenvalue weighted by molar-refractivity contribution is 7.89. The van der Waals surface area contributed by atoms with Crippen molar-refractivity contribution in [3.63, 3.8) is 0 Å². The van der Waals surface area contributed by atoms with Crippen LogP contribution in [0.1, 0.15) is 59.4 Å². The van der Waals surface area contributed by atoms with Crippen molar-refractivity contribution >= 4 is 82.1 Å². The summed E-state index contributed by atoms with van der Waals surface area (Å²) in [7, 11) is -6.05. The number of morpholine rings is 4. The molecule has 8 aliphatic rings. The first-order chi connectivity index (χ1) is 61.8. The Morgan fingerprint density at radius 1 is 0.426 bits per heavy atom. The van der Waals surface area contributed by atoms with E-state index in [2.05, 4.69) is 50.8 Å². The van der Waals surface area contributed by atoms with Crippen molar-refractivity contribution < 1.29 is 58.8 Å². The topological polar surface area (TPSA) is 484 Å². The van der Waals surface area contributed by atoms with Gasteiger partial charge >= 0.3 is 6.03 Å². The summed E-state index contributed by atoms with van der Waals surface area (Å²) in [5.41, 5.74) is 17.4. The minimum atomic E-state index is -3.73. The molecule has 42 nitrogen and oxygen atoms in total. The number of urea groups is 1. The average Bonchev–Trinajstić information content (AvgIpc) is 1.76. The normalized spacial score (nSPS) is 16.8. The molecular weight excluding hydrogens is 1720 g/mol. The number of carbonyl (C=O) groups is 1. The van der Waals surface area contributed by atoms with Gasteiger partial charge in [0.1, 0.15) is 38.0 Å². The van der Waals surface area contributed by atoms with Gasteiger partial charge in [0.05, 0.1) is 124 Å². The zero-order valence-electron chi connectivity index (χ0n) is 70.9. The minimum Gasteiger partial charge on any atom is -0.399 e. The number of nitro groups is 2. The van der Waals surface area contributed by atoms with Gasteiger partial charge in [-0.1, -0.05) is 7.43 Å². The number of benzene rings is 4.